The van der Waals surface area contributed by atoms with Crippen LogP contribution in [-0.2, 0) is 10.2 Å². The molecule has 0 aliphatic heterocycles. The predicted molar refractivity (Wildman–Crippen MR) is 120 cm³/mol. The number of rotatable bonds is 14. The Morgan fingerprint density at radius 2 is 1.45 bits per heavy atom. The minimum Gasteiger partial charge on any atom is -0.464 e. The highest BCUT2D eigenvalue weighted by Gasteiger charge is 2.36. The summed E-state index contributed by atoms with van der Waals surface area (Å²) >= 11 is 0. The molecule has 0 saturated carbocycles. The van der Waals surface area contributed by atoms with Gasteiger partial charge in [0, 0.05) is 13.1 Å². The van der Waals surface area contributed by atoms with E-state index < -0.39 is 16.3 Å². The molecule has 0 heterocycles. The van der Waals surface area contributed by atoms with Crippen molar-refractivity contribution in [2.75, 3.05) is 17.4 Å². The third-order valence-electron chi connectivity index (χ3n) is 5.03. The smallest absolute Gasteiger partial charge is 0.426 e. The molecule has 0 unspecified atom stereocenters. The largest absolute Gasteiger partial charge is 0.464 e. The van der Waals surface area contributed by atoms with Crippen LogP contribution in [0, 0.1) is 0 Å². The molecular weight excluding hydrogens is 388 g/mol. The van der Waals surface area contributed by atoms with E-state index in [9.17, 15) is 18.3 Å². The highest BCUT2D eigenvalue weighted by Crippen LogP contribution is 2.30. The van der Waals surface area contributed by atoms with Crippen molar-refractivity contribution in [3.8, 4) is 0 Å². The molecule has 0 radical (unpaired) electrons. The molecule has 1 aromatic carbocycles. The van der Waals surface area contributed by atoms with Crippen molar-refractivity contribution in [1.82, 2.24) is 4.31 Å². The zero-order valence-electron chi connectivity index (χ0n) is 18.4. The second-order valence-electron chi connectivity index (χ2n) is 7.79. The molecule has 6 nitrogen and oxygen atoms in total. The Hall–Kier alpha value is -1.60. The van der Waals surface area contributed by atoms with Crippen LogP contribution in [0.15, 0.2) is 24.3 Å². The van der Waals surface area contributed by atoms with E-state index >= 15 is 0 Å². The summed E-state index contributed by atoms with van der Waals surface area (Å²) in [6.45, 7) is 8.77. The van der Waals surface area contributed by atoms with Gasteiger partial charge in [-0.1, -0.05) is 84.4 Å². The first-order valence-electron chi connectivity index (χ1n) is 10.9. The normalized spacial score (nSPS) is 11.9. The molecule has 0 fully saturated rings. The summed E-state index contributed by atoms with van der Waals surface area (Å²) in [5.41, 5.74) is 0.928. The van der Waals surface area contributed by atoms with Crippen molar-refractivity contribution in [1.29, 1.82) is 0 Å². The molecule has 0 aliphatic carbocycles. The topological polar surface area (TPSA) is 77.9 Å². The Morgan fingerprint density at radius 1 is 0.931 bits per heavy atom. The molecule has 1 N–H and O–H groups in total. The number of para-hydroxylation sites is 1. The average Bonchev–Trinajstić information content (AvgIpc) is 2.66. The van der Waals surface area contributed by atoms with E-state index in [0.717, 1.165) is 51.4 Å². The van der Waals surface area contributed by atoms with Crippen molar-refractivity contribution < 1.29 is 18.3 Å². The van der Waals surface area contributed by atoms with Gasteiger partial charge in [-0.05, 0) is 30.4 Å². The average molecular weight is 427 g/mol. The lowest BCUT2D eigenvalue weighted by atomic mass is 10.0. The van der Waals surface area contributed by atoms with Gasteiger partial charge in [0.15, 0.2) is 0 Å². The van der Waals surface area contributed by atoms with E-state index in [2.05, 4.69) is 13.8 Å². The first kappa shape index (κ1) is 25.4. The van der Waals surface area contributed by atoms with Gasteiger partial charge < -0.3 is 5.11 Å². The molecule has 0 spiro atoms. The van der Waals surface area contributed by atoms with Gasteiger partial charge in [-0.25, -0.2) is 4.79 Å². The molecule has 1 rings (SSSR count). The number of anilines is 1. The Balaban J connectivity index is 3.21. The van der Waals surface area contributed by atoms with Gasteiger partial charge in [0.2, 0.25) is 0 Å². The number of hydrogen-bond donors (Lipinski definition) is 1. The highest BCUT2D eigenvalue weighted by atomic mass is 32.2. The second kappa shape index (κ2) is 12.9. The van der Waals surface area contributed by atoms with Gasteiger partial charge in [-0.2, -0.15) is 17.0 Å². The molecule has 1 aromatic rings. The van der Waals surface area contributed by atoms with Crippen LogP contribution in [0.2, 0.25) is 0 Å². The first-order valence-corrected chi connectivity index (χ1v) is 12.3. The van der Waals surface area contributed by atoms with Crippen LogP contribution in [0.5, 0.6) is 0 Å². The van der Waals surface area contributed by atoms with E-state index in [4.69, 9.17) is 0 Å². The number of nitrogens with zero attached hydrogens (tertiary/aromatic N) is 2. The van der Waals surface area contributed by atoms with Gasteiger partial charge in [0.1, 0.15) is 0 Å². The molecule has 0 aliphatic rings. The van der Waals surface area contributed by atoms with Crippen LogP contribution < -0.4 is 4.31 Å². The third-order valence-corrected chi connectivity index (χ3v) is 6.86. The molecular formula is C22H38N2O4S. The summed E-state index contributed by atoms with van der Waals surface area (Å²) in [5, 5.41) is 9.86. The Labute approximate surface area is 177 Å². The van der Waals surface area contributed by atoms with Crippen LogP contribution in [0.25, 0.3) is 0 Å². The third kappa shape index (κ3) is 7.63. The number of benzene rings is 1. The maximum atomic E-state index is 13.4. The Bertz CT molecular complexity index is 707. The van der Waals surface area contributed by atoms with Crippen LogP contribution in [0.4, 0.5) is 10.5 Å². The van der Waals surface area contributed by atoms with E-state index in [-0.39, 0.29) is 11.6 Å². The quantitative estimate of drug-likeness (QED) is 0.370. The zero-order chi connectivity index (χ0) is 21.9. The molecule has 7 heteroatoms. The molecule has 0 saturated heterocycles. The fourth-order valence-corrected chi connectivity index (χ4v) is 4.94. The Kier molecular flexibility index (Phi) is 11.3. The molecule has 0 atom stereocenters. The van der Waals surface area contributed by atoms with Crippen LogP contribution in [-0.4, -0.2) is 37.0 Å². The summed E-state index contributed by atoms with van der Waals surface area (Å²) in [4.78, 5) is 12.1. The van der Waals surface area contributed by atoms with Gasteiger partial charge in [-0.15, -0.1) is 0 Å². The minimum absolute atomic E-state index is 0.00538. The number of amides is 1. The summed E-state index contributed by atoms with van der Waals surface area (Å²) in [6.07, 6.45) is 6.09. The SMILES string of the molecule is CCCCCCN(CCCCCC)S(=O)(=O)N(C(=O)O)c1ccccc1C(C)C. The number of carboxylic acid groups (broad SMARTS) is 1. The number of unbranched alkanes of at least 4 members (excludes halogenated alkanes) is 6. The standard InChI is InChI=1S/C22H38N2O4S/c1-5-7-9-13-17-23(18-14-10-8-6-2)29(27,28)24(22(25)26)21-16-12-11-15-20(21)19(3)4/h11-12,15-16,19H,5-10,13-14,17-18H2,1-4H3,(H,25,26). The van der Waals surface area contributed by atoms with Gasteiger partial charge in [0.05, 0.1) is 5.69 Å². The highest BCUT2D eigenvalue weighted by molar-refractivity contribution is 7.91. The van der Waals surface area contributed by atoms with Gasteiger partial charge in [-0.3, -0.25) is 0 Å². The van der Waals surface area contributed by atoms with E-state index in [1.54, 1.807) is 24.3 Å². The molecule has 0 aromatic heterocycles. The maximum Gasteiger partial charge on any atom is 0.426 e. The maximum absolute atomic E-state index is 13.4. The molecule has 29 heavy (non-hydrogen) atoms. The van der Waals surface area contributed by atoms with Crippen LogP contribution >= 0.6 is 0 Å². The fraction of sp³-hybridized carbons (Fsp3) is 0.682. The van der Waals surface area contributed by atoms with Crippen LogP contribution in [0.3, 0.4) is 0 Å². The first-order chi connectivity index (χ1) is 13.8. The van der Waals surface area contributed by atoms with Gasteiger partial charge >= 0.3 is 16.3 Å². The summed E-state index contributed by atoms with van der Waals surface area (Å²) in [6, 6.07) is 6.85. The fourth-order valence-electron chi connectivity index (χ4n) is 3.37. The lowest BCUT2D eigenvalue weighted by Gasteiger charge is -2.30. The predicted octanol–water partition coefficient (Wildman–Crippen LogP) is 6.00. The lowest BCUT2D eigenvalue weighted by molar-refractivity contribution is 0.205. The number of hydrogen-bond acceptors (Lipinski definition) is 3. The monoisotopic (exact) mass is 426 g/mol. The van der Waals surface area contributed by atoms with E-state index in [1.165, 1.54) is 4.31 Å². The molecule has 166 valence electrons. The molecule has 1 amide bonds. The summed E-state index contributed by atoms with van der Waals surface area (Å²) in [5.74, 6) is 0.00538. The second-order valence-corrected chi connectivity index (χ2v) is 9.57. The van der Waals surface area contributed by atoms with E-state index in [1.807, 2.05) is 13.8 Å². The zero-order valence-corrected chi connectivity index (χ0v) is 19.2. The lowest BCUT2D eigenvalue weighted by Crippen LogP contribution is -2.47. The van der Waals surface area contributed by atoms with Crippen LogP contribution in [0.1, 0.15) is 90.5 Å². The van der Waals surface area contributed by atoms with Crippen molar-refractivity contribution in [3.05, 3.63) is 29.8 Å². The Morgan fingerprint density at radius 3 is 1.90 bits per heavy atom. The summed E-state index contributed by atoms with van der Waals surface area (Å²) < 4.78 is 28.8. The van der Waals surface area contributed by atoms with Crippen molar-refractivity contribution in [2.24, 2.45) is 0 Å². The van der Waals surface area contributed by atoms with Gasteiger partial charge in [0.25, 0.3) is 0 Å². The van der Waals surface area contributed by atoms with Crippen molar-refractivity contribution in [2.45, 2.75) is 85.0 Å². The van der Waals surface area contributed by atoms with Crippen molar-refractivity contribution >= 4 is 22.0 Å². The minimum atomic E-state index is -4.18. The molecule has 0 bridgehead atoms. The van der Waals surface area contributed by atoms with Crippen molar-refractivity contribution in [3.63, 3.8) is 0 Å². The van der Waals surface area contributed by atoms with E-state index in [0.29, 0.717) is 23.0 Å². The summed E-state index contributed by atoms with van der Waals surface area (Å²) in [7, 11) is -4.18. The number of carbonyl (C=O) groups is 1.